The zero-order valence-electron chi connectivity index (χ0n) is 19.2. The van der Waals surface area contributed by atoms with Crippen molar-refractivity contribution in [2.75, 3.05) is 0 Å². The van der Waals surface area contributed by atoms with Gasteiger partial charge in [0, 0.05) is 0 Å². The van der Waals surface area contributed by atoms with Crippen LogP contribution in [0, 0.1) is 0 Å². The zero-order valence-corrected chi connectivity index (χ0v) is 25.3. The maximum Gasteiger partial charge on any atom is -0.147 e. The third-order valence-corrected chi connectivity index (χ3v) is 24.1. The first-order valence-electron chi connectivity index (χ1n) is 11.2. The molecule has 0 unspecified atom stereocenters. The van der Waals surface area contributed by atoms with Gasteiger partial charge in [-0.1, -0.05) is 0 Å². The second-order valence-electron chi connectivity index (χ2n) is 9.13. The molecule has 0 spiro atoms. The summed E-state index contributed by atoms with van der Waals surface area (Å²) in [4.78, 5) is 0. The van der Waals surface area contributed by atoms with Crippen molar-refractivity contribution in [1.82, 2.24) is 0 Å². The number of hydrogen-bond acceptors (Lipinski definition) is 1. The molecule has 0 aliphatic heterocycles. The summed E-state index contributed by atoms with van der Waals surface area (Å²) in [6, 6.07) is 27.6. The molecular formula is C27H28Cl4OSiTi. The van der Waals surface area contributed by atoms with Gasteiger partial charge in [-0.3, -0.25) is 0 Å². The Balaban J connectivity index is 0.00000162. The average molecular weight is 586 g/mol. The van der Waals surface area contributed by atoms with E-state index in [0.29, 0.717) is 0 Å². The van der Waals surface area contributed by atoms with Gasteiger partial charge in [0.1, 0.15) is 0 Å². The molecule has 0 saturated carbocycles. The number of fused-ring (bicyclic) bond motifs is 4. The second-order valence-corrected chi connectivity index (χ2v) is 26.4. The van der Waals surface area contributed by atoms with Gasteiger partial charge >= 0.3 is 204 Å². The summed E-state index contributed by atoms with van der Waals surface area (Å²) in [6.45, 7) is 4.64. The molecule has 0 heterocycles. The van der Waals surface area contributed by atoms with E-state index >= 15 is 0 Å². The topological polar surface area (TPSA) is 9.23 Å². The molecule has 0 atom stereocenters. The first-order chi connectivity index (χ1) is 15.3. The van der Waals surface area contributed by atoms with E-state index in [4.69, 9.17) is 26.5 Å². The number of hydrogen-bond donors (Lipinski definition) is 0. The van der Waals surface area contributed by atoms with Gasteiger partial charge in [0.15, 0.2) is 0 Å². The molecule has 4 aromatic rings. The monoisotopic (exact) mass is 584 g/mol. The molecule has 1 nitrogen and oxygen atoms in total. The van der Waals surface area contributed by atoms with Crippen molar-refractivity contribution in [3.8, 4) is 16.9 Å². The van der Waals surface area contributed by atoms with Crippen molar-refractivity contribution >= 4 is 66.4 Å². The van der Waals surface area contributed by atoms with Crippen molar-refractivity contribution in [2.45, 2.75) is 27.5 Å². The van der Waals surface area contributed by atoms with Gasteiger partial charge in [-0.15, -0.1) is 24.8 Å². The predicted molar refractivity (Wildman–Crippen MR) is 152 cm³/mol. The molecule has 7 heteroatoms. The van der Waals surface area contributed by atoms with Crippen molar-refractivity contribution in [2.24, 2.45) is 0 Å². The molecule has 0 saturated heterocycles. The Hall–Kier alpha value is -0.969. The molecule has 5 rings (SSSR count). The van der Waals surface area contributed by atoms with Crippen LogP contribution in [0.4, 0.5) is 0 Å². The second kappa shape index (κ2) is 10.2. The van der Waals surface area contributed by atoms with Crippen LogP contribution in [0.5, 0.6) is 5.75 Å². The summed E-state index contributed by atoms with van der Waals surface area (Å²) in [5.41, 5.74) is 5.07. The van der Waals surface area contributed by atoms with Gasteiger partial charge in [0.05, 0.1) is 0 Å². The van der Waals surface area contributed by atoms with Crippen LogP contribution in [0.3, 0.4) is 0 Å². The van der Waals surface area contributed by atoms with Crippen LogP contribution in [0.25, 0.3) is 21.9 Å². The quantitative estimate of drug-likeness (QED) is 0.212. The Kier molecular flexibility index (Phi) is 8.27. The van der Waals surface area contributed by atoms with E-state index in [0.717, 1.165) is 25.2 Å². The Labute approximate surface area is 227 Å². The first kappa shape index (κ1) is 27.6. The fraction of sp³-hybridized carbons (Fsp3) is 0.185. The van der Waals surface area contributed by atoms with Gasteiger partial charge < -0.3 is 0 Å². The van der Waals surface area contributed by atoms with Crippen LogP contribution in [0.2, 0.25) is 19.5 Å². The van der Waals surface area contributed by atoms with Gasteiger partial charge in [-0.2, -0.15) is 0 Å². The minimum Gasteiger partial charge on any atom is -0.147 e. The van der Waals surface area contributed by atoms with Crippen molar-refractivity contribution < 1.29 is 17.7 Å². The van der Waals surface area contributed by atoms with Gasteiger partial charge in [0.2, 0.25) is 0 Å². The molecule has 1 aliphatic rings. The van der Waals surface area contributed by atoms with Crippen LogP contribution >= 0.6 is 48.0 Å². The maximum atomic E-state index is 7.29. The first-order valence-corrected chi connectivity index (χ1v) is 19.7. The molecular weight excluding hydrogens is 558 g/mol. The van der Waals surface area contributed by atoms with Crippen molar-refractivity contribution in [1.29, 1.82) is 0 Å². The van der Waals surface area contributed by atoms with Gasteiger partial charge in [-0.25, -0.2) is 0 Å². The fourth-order valence-electron chi connectivity index (χ4n) is 5.39. The third-order valence-electron chi connectivity index (χ3n) is 7.48. The van der Waals surface area contributed by atoms with Crippen molar-refractivity contribution in [3.05, 3.63) is 100 Å². The standard InChI is InChI=1S/C13H7Cl2.C10H8O.2C2H5.2ClH.H2Si.Ti/c14-10-3-1-8-5-9-2-4-11(15)7-13(9)12(8)6-10;11-10-6-5-8-3-1-2-4-9(8)7-10;2*1-2;;;;/h1-7H;1-7,11H;2*1H2,2H3;2*1H;1H2;/q;;;;;;;+1/p-1. The van der Waals surface area contributed by atoms with Crippen LogP contribution < -0.4 is 3.32 Å². The van der Waals surface area contributed by atoms with Gasteiger partial charge in [-0.05, 0) is 0 Å². The molecule has 0 aromatic heterocycles. The zero-order chi connectivity index (χ0) is 22.5. The summed E-state index contributed by atoms with van der Waals surface area (Å²) >= 11 is 9.24. The SMILES string of the molecule is C[CH2][Ti](=[SiH2])([CH2]C)([O]c1ccc2ccccc2c1)[CH]1c2ccc(Cl)cc2-c2cc(Cl)ccc21.Cl.Cl. The molecule has 0 fully saturated rings. The summed E-state index contributed by atoms with van der Waals surface area (Å²) in [6.07, 6.45) is 0. The predicted octanol–water partition coefficient (Wildman–Crippen LogP) is 9.17. The van der Waals surface area contributed by atoms with Crippen LogP contribution in [0.1, 0.15) is 29.2 Å². The molecule has 0 amide bonds. The largest absolute Gasteiger partial charge is 0.147 e. The third kappa shape index (κ3) is 4.48. The minimum absolute atomic E-state index is 0. The van der Waals surface area contributed by atoms with Crippen LogP contribution in [0.15, 0.2) is 78.9 Å². The summed E-state index contributed by atoms with van der Waals surface area (Å²) < 4.78 is 9.65. The minimum atomic E-state index is -3.63. The normalized spacial score (nSPS) is 13.0. The Morgan fingerprint density at radius 2 is 1.26 bits per heavy atom. The molecule has 0 N–H and O–H groups in total. The number of rotatable bonds is 5. The van der Waals surface area contributed by atoms with Crippen molar-refractivity contribution in [3.63, 3.8) is 0 Å². The van der Waals surface area contributed by atoms with E-state index in [2.05, 4.69) is 88.2 Å². The molecule has 1 aliphatic carbocycles. The molecule has 4 aromatic carbocycles. The van der Waals surface area contributed by atoms with E-state index in [1.807, 2.05) is 12.1 Å². The van der Waals surface area contributed by atoms with E-state index in [1.54, 1.807) is 0 Å². The molecule has 0 bridgehead atoms. The van der Waals surface area contributed by atoms with Crippen LogP contribution in [-0.4, -0.2) is 7.63 Å². The molecule has 178 valence electrons. The van der Waals surface area contributed by atoms with E-state index in [9.17, 15) is 0 Å². The summed E-state index contributed by atoms with van der Waals surface area (Å²) in [7, 11) is 2.19. The Morgan fingerprint density at radius 1 is 0.735 bits per heavy atom. The van der Waals surface area contributed by atoms with Crippen LogP contribution in [-0.2, 0) is 14.4 Å². The van der Waals surface area contributed by atoms with Gasteiger partial charge in [0.25, 0.3) is 0 Å². The average Bonchev–Trinajstić information content (AvgIpc) is 3.13. The molecule has 0 radical (unpaired) electrons. The summed E-state index contributed by atoms with van der Waals surface area (Å²) in [5, 5.41) is 3.96. The van der Waals surface area contributed by atoms with E-state index in [1.165, 1.54) is 33.0 Å². The smallest absolute Gasteiger partial charge is 0.147 e. The molecule has 34 heavy (non-hydrogen) atoms. The number of halogens is 4. The van der Waals surface area contributed by atoms with E-state index in [-0.39, 0.29) is 29.0 Å². The van der Waals surface area contributed by atoms with E-state index < -0.39 is 14.4 Å². The Morgan fingerprint density at radius 3 is 1.79 bits per heavy atom. The number of benzene rings is 4. The maximum absolute atomic E-state index is 7.29. The fourth-order valence-corrected chi connectivity index (χ4v) is 15.4. The summed E-state index contributed by atoms with van der Waals surface area (Å²) in [5.74, 6) is 0.984. The Bertz CT molecular complexity index is 1380.